The summed E-state index contributed by atoms with van der Waals surface area (Å²) in [7, 11) is 0. The lowest BCUT2D eigenvalue weighted by atomic mass is 9.95. The van der Waals surface area contributed by atoms with Gasteiger partial charge in [-0.25, -0.2) is 9.97 Å². The first-order valence-electron chi connectivity index (χ1n) is 9.70. The smallest absolute Gasteiger partial charge is 0.387 e. The second-order valence-corrected chi connectivity index (χ2v) is 6.85. The van der Waals surface area contributed by atoms with Crippen molar-refractivity contribution in [3.63, 3.8) is 0 Å². The number of nitrogen functional groups attached to an aromatic ring is 1. The van der Waals surface area contributed by atoms with E-state index in [1.165, 1.54) is 30.5 Å². The maximum atomic E-state index is 12.7. The van der Waals surface area contributed by atoms with E-state index in [9.17, 15) is 13.6 Å². The first-order valence-corrected chi connectivity index (χ1v) is 9.70. The van der Waals surface area contributed by atoms with Gasteiger partial charge in [0.25, 0.3) is 0 Å². The molecular weight excluding hydrogens is 430 g/mol. The zero-order valence-corrected chi connectivity index (χ0v) is 17.1. The van der Waals surface area contributed by atoms with Crippen molar-refractivity contribution in [3.05, 3.63) is 78.8 Å². The third-order valence-corrected chi connectivity index (χ3v) is 4.69. The number of alkyl halides is 2. The van der Waals surface area contributed by atoms with Crippen LogP contribution in [0.1, 0.15) is 10.4 Å². The molecule has 0 saturated carbocycles. The van der Waals surface area contributed by atoms with Gasteiger partial charge in [0.1, 0.15) is 17.3 Å². The zero-order valence-electron chi connectivity index (χ0n) is 17.1. The molecule has 5 N–H and O–H groups in total. The van der Waals surface area contributed by atoms with Gasteiger partial charge < -0.3 is 21.5 Å². The Hall–Kier alpha value is -4.60. The fourth-order valence-corrected chi connectivity index (χ4v) is 3.26. The van der Waals surface area contributed by atoms with Crippen molar-refractivity contribution < 1.29 is 18.3 Å². The molecule has 2 heterocycles. The van der Waals surface area contributed by atoms with Crippen LogP contribution in [0.2, 0.25) is 0 Å². The average Bonchev–Trinajstić information content (AvgIpc) is 2.81. The topological polar surface area (TPSA) is 129 Å². The van der Waals surface area contributed by atoms with Crippen LogP contribution >= 0.6 is 0 Å². The van der Waals surface area contributed by atoms with Gasteiger partial charge in [-0.3, -0.25) is 9.78 Å². The lowest BCUT2D eigenvalue weighted by Crippen LogP contribution is -2.14. The number of nitrogens with one attached hydrogen (secondary N) is 1. The summed E-state index contributed by atoms with van der Waals surface area (Å²) in [6, 6.07) is 14.3. The predicted molar refractivity (Wildman–Crippen MR) is 120 cm³/mol. The number of benzene rings is 2. The summed E-state index contributed by atoms with van der Waals surface area (Å²) in [5, 5.41) is 3.09. The Morgan fingerprint density at radius 2 is 1.82 bits per heavy atom. The number of carbonyl (C=O) groups is 1. The fourth-order valence-electron chi connectivity index (χ4n) is 3.26. The third-order valence-electron chi connectivity index (χ3n) is 4.69. The summed E-state index contributed by atoms with van der Waals surface area (Å²) < 4.78 is 29.9. The summed E-state index contributed by atoms with van der Waals surface area (Å²) >= 11 is 0. The number of aromatic nitrogens is 3. The van der Waals surface area contributed by atoms with Crippen molar-refractivity contribution in [2.75, 3.05) is 11.1 Å². The second-order valence-electron chi connectivity index (χ2n) is 6.85. The molecule has 0 aliphatic rings. The van der Waals surface area contributed by atoms with E-state index >= 15 is 0 Å². The summed E-state index contributed by atoms with van der Waals surface area (Å²) in [4.78, 5) is 25.1. The van der Waals surface area contributed by atoms with E-state index in [0.717, 1.165) is 0 Å². The first kappa shape index (κ1) is 21.6. The fraction of sp³-hybridized carbons (Fsp3) is 0.0435. The van der Waals surface area contributed by atoms with Crippen molar-refractivity contribution in [1.82, 2.24) is 15.0 Å². The molecule has 4 rings (SSSR count). The monoisotopic (exact) mass is 448 g/mol. The van der Waals surface area contributed by atoms with Crippen molar-refractivity contribution >= 4 is 23.1 Å². The standard InChI is InChI=1S/C23H18F2N6O2/c24-23(25)33-13-7-8-16(26)15(10-13)21-14(22(27)32)4-3-6-18(21)31-20-12-29-19(11-30-20)17-5-1-2-9-28-17/h1-12,23H,26H2,(H2,27,32)(H,30,31). The van der Waals surface area contributed by atoms with Gasteiger partial charge in [0.15, 0.2) is 0 Å². The molecule has 2 aromatic carbocycles. The Morgan fingerprint density at radius 1 is 0.970 bits per heavy atom. The summed E-state index contributed by atoms with van der Waals surface area (Å²) in [6.45, 7) is -3.02. The molecule has 0 aliphatic heterocycles. The summed E-state index contributed by atoms with van der Waals surface area (Å²) in [6.07, 6.45) is 4.71. The highest BCUT2D eigenvalue weighted by Crippen LogP contribution is 2.38. The minimum absolute atomic E-state index is 0.112. The SMILES string of the molecule is NC(=O)c1cccc(Nc2cnc(-c3ccccn3)cn2)c1-c1cc(OC(F)F)ccc1N. The summed E-state index contributed by atoms with van der Waals surface area (Å²) in [5.74, 6) is -0.458. The van der Waals surface area contributed by atoms with E-state index in [4.69, 9.17) is 11.5 Å². The van der Waals surface area contributed by atoms with Gasteiger partial charge in [0, 0.05) is 34.3 Å². The average molecular weight is 448 g/mol. The normalized spacial score (nSPS) is 10.8. The lowest BCUT2D eigenvalue weighted by molar-refractivity contribution is -0.0498. The molecule has 2 aromatic heterocycles. The minimum Gasteiger partial charge on any atom is -0.435 e. The van der Waals surface area contributed by atoms with Gasteiger partial charge in [-0.1, -0.05) is 12.1 Å². The first-order chi connectivity index (χ1) is 15.9. The molecule has 0 fully saturated rings. The molecule has 0 saturated heterocycles. The molecule has 33 heavy (non-hydrogen) atoms. The van der Waals surface area contributed by atoms with Crippen LogP contribution < -0.4 is 21.5 Å². The quantitative estimate of drug-likeness (QED) is 0.361. The van der Waals surface area contributed by atoms with Crippen LogP contribution in [0.25, 0.3) is 22.5 Å². The number of nitrogens with zero attached hydrogens (tertiary/aromatic N) is 3. The largest absolute Gasteiger partial charge is 0.435 e. The number of ether oxygens (including phenoxy) is 1. The Labute approximate surface area is 187 Å². The van der Waals surface area contributed by atoms with E-state index in [1.807, 2.05) is 12.1 Å². The van der Waals surface area contributed by atoms with Gasteiger partial charge in [0.2, 0.25) is 5.91 Å². The molecule has 4 aromatic rings. The zero-order chi connectivity index (χ0) is 23.4. The van der Waals surface area contributed by atoms with Crippen LogP contribution in [0.5, 0.6) is 5.75 Å². The number of carbonyl (C=O) groups excluding carboxylic acids is 1. The molecule has 1 amide bonds. The van der Waals surface area contributed by atoms with Crippen LogP contribution in [0.15, 0.2) is 73.2 Å². The molecular formula is C23H18F2N6O2. The van der Waals surface area contributed by atoms with E-state index < -0.39 is 12.5 Å². The van der Waals surface area contributed by atoms with E-state index in [0.29, 0.717) is 34.0 Å². The van der Waals surface area contributed by atoms with Gasteiger partial charge in [-0.2, -0.15) is 8.78 Å². The molecule has 166 valence electrons. The Balaban J connectivity index is 1.75. The second kappa shape index (κ2) is 9.27. The number of pyridine rings is 1. The highest BCUT2D eigenvalue weighted by molar-refractivity contribution is 6.05. The number of nitrogens with two attached hydrogens (primary N) is 2. The van der Waals surface area contributed by atoms with Crippen molar-refractivity contribution in [2.24, 2.45) is 5.73 Å². The molecule has 0 bridgehead atoms. The highest BCUT2D eigenvalue weighted by atomic mass is 19.3. The Morgan fingerprint density at radius 3 is 2.48 bits per heavy atom. The number of halogens is 2. The molecule has 8 nitrogen and oxygen atoms in total. The van der Waals surface area contributed by atoms with Crippen molar-refractivity contribution in [2.45, 2.75) is 6.61 Å². The molecule has 0 unspecified atom stereocenters. The maximum Gasteiger partial charge on any atom is 0.387 e. The summed E-state index contributed by atoms with van der Waals surface area (Å²) in [5.41, 5.74) is 14.3. The number of hydrogen-bond acceptors (Lipinski definition) is 7. The molecule has 0 radical (unpaired) electrons. The number of amides is 1. The number of hydrogen-bond donors (Lipinski definition) is 3. The highest BCUT2D eigenvalue weighted by Gasteiger charge is 2.19. The van der Waals surface area contributed by atoms with Crippen molar-refractivity contribution in [3.8, 4) is 28.3 Å². The molecule has 0 atom stereocenters. The third kappa shape index (κ3) is 4.85. The van der Waals surface area contributed by atoms with Crippen LogP contribution in [0.3, 0.4) is 0 Å². The van der Waals surface area contributed by atoms with E-state index in [1.54, 1.807) is 30.6 Å². The van der Waals surface area contributed by atoms with E-state index in [-0.39, 0.29) is 17.0 Å². The lowest BCUT2D eigenvalue weighted by Gasteiger charge is -2.17. The van der Waals surface area contributed by atoms with Crippen LogP contribution in [0, 0.1) is 0 Å². The van der Waals surface area contributed by atoms with Gasteiger partial charge in [0.05, 0.1) is 18.1 Å². The van der Waals surface area contributed by atoms with Gasteiger partial charge >= 0.3 is 6.61 Å². The Kier molecular flexibility index (Phi) is 6.07. The van der Waals surface area contributed by atoms with Crippen LogP contribution in [-0.2, 0) is 0 Å². The number of rotatable bonds is 7. The number of primary amides is 1. The molecule has 0 aliphatic carbocycles. The predicted octanol–water partition coefficient (Wildman–Crippen LogP) is 4.23. The molecule has 0 spiro atoms. The minimum atomic E-state index is -3.02. The maximum absolute atomic E-state index is 12.7. The number of anilines is 3. The Bertz CT molecular complexity index is 1280. The van der Waals surface area contributed by atoms with Crippen LogP contribution in [-0.4, -0.2) is 27.5 Å². The van der Waals surface area contributed by atoms with Gasteiger partial charge in [-0.05, 0) is 42.5 Å². The molecule has 10 heteroatoms. The van der Waals surface area contributed by atoms with Gasteiger partial charge in [-0.15, -0.1) is 0 Å². The van der Waals surface area contributed by atoms with Crippen molar-refractivity contribution in [1.29, 1.82) is 0 Å². The van der Waals surface area contributed by atoms with Crippen LogP contribution in [0.4, 0.5) is 26.0 Å². The van der Waals surface area contributed by atoms with E-state index in [2.05, 4.69) is 25.0 Å².